The van der Waals surface area contributed by atoms with E-state index in [1.807, 2.05) is 53.9 Å². The number of fused-ring (bicyclic) bond motifs is 2. The zero-order valence-corrected chi connectivity index (χ0v) is 17.0. The maximum atomic E-state index is 5.40. The lowest BCUT2D eigenvalue weighted by molar-refractivity contribution is 0.354. The highest BCUT2D eigenvalue weighted by Gasteiger charge is 2.19. The van der Waals surface area contributed by atoms with Crippen molar-refractivity contribution in [3.63, 3.8) is 0 Å². The van der Waals surface area contributed by atoms with Crippen LogP contribution in [0.2, 0.25) is 0 Å². The summed E-state index contributed by atoms with van der Waals surface area (Å²) < 4.78 is 14.5. The molecular formula is C20H18N6O2S. The summed E-state index contributed by atoms with van der Waals surface area (Å²) in [6.45, 7) is 1.97. The molecule has 0 radical (unpaired) electrons. The lowest BCUT2D eigenvalue weighted by Gasteiger charge is -2.08. The van der Waals surface area contributed by atoms with Crippen LogP contribution in [0.15, 0.2) is 42.6 Å². The van der Waals surface area contributed by atoms with Crippen LogP contribution in [-0.4, -0.2) is 43.4 Å². The summed E-state index contributed by atoms with van der Waals surface area (Å²) >= 11 is 1.52. The third kappa shape index (κ3) is 2.90. The Morgan fingerprint density at radius 1 is 1.03 bits per heavy atom. The predicted molar refractivity (Wildman–Crippen MR) is 110 cm³/mol. The van der Waals surface area contributed by atoms with Crippen molar-refractivity contribution in [1.82, 2.24) is 29.2 Å². The number of methoxy groups -OCH3 is 2. The van der Waals surface area contributed by atoms with Crippen molar-refractivity contribution in [2.45, 2.75) is 13.3 Å². The molecule has 0 aliphatic heterocycles. The van der Waals surface area contributed by atoms with Gasteiger partial charge in [-0.25, -0.2) is 4.98 Å². The average Bonchev–Trinajstić information content (AvgIpc) is 3.39. The molecule has 0 N–H and O–H groups in total. The smallest absolute Gasteiger partial charge is 0.235 e. The highest BCUT2D eigenvalue weighted by molar-refractivity contribution is 7.16. The lowest BCUT2D eigenvalue weighted by Crippen LogP contribution is -1.98. The topological polar surface area (TPSA) is 78.8 Å². The maximum Gasteiger partial charge on any atom is 0.235 e. The van der Waals surface area contributed by atoms with Gasteiger partial charge in [-0.3, -0.25) is 4.40 Å². The quantitative estimate of drug-likeness (QED) is 0.445. The molecule has 0 aliphatic carbocycles. The van der Waals surface area contributed by atoms with Crippen molar-refractivity contribution < 1.29 is 9.47 Å². The molecule has 146 valence electrons. The summed E-state index contributed by atoms with van der Waals surface area (Å²) in [6.07, 6.45) is 2.64. The molecule has 0 amide bonds. The molecule has 0 fully saturated rings. The van der Waals surface area contributed by atoms with Gasteiger partial charge in [0.15, 0.2) is 11.5 Å². The number of rotatable bonds is 5. The third-order valence-electron chi connectivity index (χ3n) is 4.75. The van der Waals surface area contributed by atoms with Crippen molar-refractivity contribution in [2.24, 2.45) is 0 Å². The summed E-state index contributed by atoms with van der Waals surface area (Å²) in [4.78, 5) is 5.37. The number of hydrogen-bond donors (Lipinski definition) is 0. The molecule has 0 spiro atoms. The average molecular weight is 406 g/mol. The van der Waals surface area contributed by atoms with Gasteiger partial charge in [-0.1, -0.05) is 23.5 Å². The van der Waals surface area contributed by atoms with Gasteiger partial charge >= 0.3 is 0 Å². The van der Waals surface area contributed by atoms with Gasteiger partial charge in [-0.05, 0) is 36.8 Å². The molecule has 0 saturated carbocycles. The fourth-order valence-corrected chi connectivity index (χ4v) is 4.29. The van der Waals surface area contributed by atoms with Gasteiger partial charge in [0.1, 0.15) is 16.3 Å². The number of benzene rings is 1. The predicted octanol–water partition coefficient (Wildman–Crippen LogP) is 3.42. The van der Waals surface area contributed by atoms with Crippen LogP contribution in [0.4, 0.5) is 0 Å². The van der Waals surface area contributed by atoms with Gasteiger partial charge < -0.3 is 9.47 Å². The van der Waals surface area contributed by atoms with Gasteiger partial charge in [0.05, 0.1) is 19.9 Å². The molecule has 8 nitrogen and oxygen atoms in total. The first kappa shape index (κ1) is 17.6. The molecule has 5 rings (SSSR count). The molecule has 4 aromatic heterocycles. The SMILES string of the molecule is COc1ccc(Cc2nn3c(-c4c(C)nc5ccccn45)nnc3s2)cc1OC. The summed E-state index contributed by atoms with van der Waals surface area (Å²) in [5.41, 5.74) is 3.74. The van der Waals surface area contributed by atoms with Crippen LogP contribution in [0.5, 0.6) is 11.5 Å². The number of nitrogens with zero attached hydrogens (tertiary/aromatic N) is 6. The van der Waals surface area contributed by atoms with Crippen molar-refractivity contribution in [2.75, 3.05) is 14.2 Å². The van der Waals surface area contributed by atoms with Crippen LogP contribution in [-0.2, 0) is 6.42 Å². The van der Waals surface area contributed by atoms with E-state index in [1.165, 1.54) is 11.3 Å². The van der Waals surface area contributed by atoms with Crippen molar-refractivity contribution >= 4 is 21.9 Å². The van der Waals surface area contributed by atoms with Crippen molar-refractivity contribution in [1.29, 1.82) is 0 Å². The molecule has 0 aliphatic rings. The van der Waals surface area contributed by atoms with E-state index in [1.54, 1.807) is 18.7 Å². The first-order valence-corrected chi connectivity index (χ1v) is 9.85. The minimum atomic E-state index is 0.667. The first-order valence-electron chi connectivity index (χ1n) is 9.04. The number of aromatic nitrogens is 6. The third-order valence-corrected chi connectivity index (χ3v) is 5.65. The number of hydrogen-bond acceptors (Lipinski definition) is 7. The molecule has 29 heavy (non-hydrogen) atoms. The van der Waals surface area contributed by atoms with Gasteiger partial charge in [-0.15, -0.1) is 10.2 Å². The highest BCUT2D eigenvalue weighted by Crippen LogP contribution is 2.30. The van der Waals surface area contributed by atoms with Crippen LogP contribution < -0.4 is 9.47 Å². The summed E-state index contributed by atoms with van der Waals surface area (Å²) in [7, 11) is 3.26. The van der Waals surface area contributed by atoms with E-state index in [4.69, 9.17) is 14.6 Å². The molecule has 4 heterocycles. The fourth-order valence-electron chi connectivity index (χ4n) is 3.42. The Kier molecular flexibility index (Phi) is 4.17. The standard InChI is InChI=1S/C20H18N6O2S/c1-12-18(25-9-5-4-6-16(25)21-12)19-22-23-20-26(19)24-17(29-20)11-13-7-8-14(27-2)15(10-13)28-3/h4-10H,11H2,1-3H3. The lowest BCUT2D eigenvalue weighted by atomic mass is 10.1. The Morgan fingerprint density at radius 3 is 2.72 bits per heavy atom. The van der Waals surface area contributed by atoms with Crippen LogP contribution in [0, 0.1) is 6.92 Å². The van der Waals surface area contributed by atoms with E-state index >= 15 is 0 Å². The van der Waals surface area contributed by atoms with Crippen molar-refractivity contribution in [3.8, 4) is 23.0 Å². The Bertz CT molecular complexity index is 1340. The van der Waals surface area contributed by atoms with E-state index in [0.717, 1.165) is 32.6 Å². The Balaban J connectivity index is 1.54. The van der Waals surface area contributed by atoms with Crippen LogP contribution in [0.1, 0.15) is 16.3 Å². The van der Waals surface area contributed by atoms with Crippen LogP contribution in [0.25, 0.3) is 22.1 Å². The molecule has 0 atom stereocenters. The Labute approximate surface area is 170 Å². The normalized spacial score (nSPS) is 11.4. The summed E-state index contributed by atoms with van der Waals surface area (Å²) in [5.74, 6) is 2.10. The second-order valence-electron chi connectivity index (χ2n) is 6.55. The zero-order valence-electron chi connectivity index (χ0n) is 16.2. The van der Waals surface area contributed by atoms with E-state index < -0.39 is 0 Å². The van der Waals surface area contributed by atoms with E-state index in [-0.39, 0.29) is 0 Å². The number of ether oxygens (including phenoxy) is 2. The van der Waals surface area contributed by atoms with Gasteiger partial charge in [0.25, 0.3) is 0 Å². The highest BCUT2D eigenvalue weighted by atomic mass is 32.1. The van der Waals surface area contributed by atoms with Crippen LogP contribution in [0.3, 0.4) is 0 Å². The fraction of sp³-hybridized carbons (Fsp3) is 0.200. The molecule has 0 saturated heterocycles. The second-order valence-corrected chi connectivity index (χ2v) is 7.60. The second kappa shape index (κ2) is 6.85. The van der Waals surface area contributed by atoms with Crippen molar-refractivity contribution in [3.05, 3.63) is 58.9 Å². The number of imidazole rings is 1. The molecule has 0 bridgehead atoms. The van der Waals surface area contributed by atoms with E-state index in [9.17, 15) is 0 Å². The molecule has 0 unspecified atom stereocenters. The van der Waals surface area contributed by atoms with E-state index in [2.05, 4.69) is 15.2 Å². The summed E-state index contributed by atoms with van der Waals surface area (Å²) in [6, 6.07) is 11.8. The first-order chi connectivity index (χ1) is 14.2. The number of pyridine rings is 1. The molecule has 1 aromatic carbocycles. The minimum absolute atomic E-state index is 0.667. The van der Waals surface area contributed by atoms with Crippen LogP contribution >= 0.6 is 11.3 Å². The molecule has 5 aromatic rings. The van der Waals surface area contributed by atoms with E-state index in [0.29, 0.717) is 23.7 Å². The van der Waals surface area contributed by atoms with Gasteiger partial charge in [0, 0.05) is 12.6 Å². The largest absolute Gasteiger partial charge is 0.493 e. The molecule has 9 heteroatoms. The molecular weight excluding hydrogens is 388 g/mol. The minimum Gasteiger partial charge on any atom is -0.493 e. The van der Waals surface area contributed by atoms with Gasteiger partial charge in [0.2, 0.25) is 10.8 Å². The zero-order chi connectivity index (χ0) is 20.0. The Morgan fingerprint density at radius 2 is 1.90 bits per heavy atom. The monoisotopic (exact) mass is 406 g/mol. The number of aryl methyl sites for hydroxylation is 1. The maximum absolute atomic E-state index is 5.40. The Hall–Kier alpha value is -3.46. The van der Waals surface area contributed by atoms with Gasteiger partial charge in [-0.2, -0.15) is 9.61 Å². The summed E-state index contributed by atoms with van der Waals surface area (Å²) in [5, 5.41) is 14.4.